The van der Waals surface area contributed by atoms with Crippen LogP contribution in [0.2, 0.25) is 0 Å². The number of pyridine rings is 1. The van der Waals surface area contributed by atoms with Gasteiger partial charge in [-0.15, -0.1) is 0 Å². The summed E-state index contributed by atoms with van der Waals surface area (Å²) in [5.74, 6) is 0. The maximum Gasteiger partial charge on any atom is 0.249 e. The Kier molecular flexibility index (Phi) is 2.26. The molecule has 2 heterocycles. The summed E-state index contributed by atoms with van der Waals surface area (Å²) in [6, 6.07) is 3.28. The van der Waals surface area contributed by atoms with E-state index in [1.54, 1.807) is 6.07 Å². The molecule has 0 amide bonds. The van der Waals surface area contributed by atoms with Gasteiger partial charge in [-0.25, -0.2) is 9.97 Å². The van der Waals surface area contributed by atoms with Crippen LogP contribution in [0.5, 0.6) is 0 Å². The van der Waals surface area contributed by atoms with E-state index >= 15 is 0 Å². The second-order valence-corrected chi connectivity index (χ2v) is 3.16. The zero-order valence-corrected chi connectivity index (χ0v) is 7.95. The summed E-state index contributed by atoms with van der Waals surface area (Å²) in [5.41, 5.74) is 1.49. The molecule has 0 fully saturated rings. The van der Waals surface area contributed by atoms with E-state index in [1.807, 2.05) is 0 Å². The van der Waals surface area contributed by atoms with E-state index in [-0.39, 0.29) is 5.56 Å². The van der Waals surface area contributed by atoms with Crippen LogP contribution in [0.4, 0.5) is 0 Å². The summed E-state index contributed by atoms with van der Waals surface area (Å²) < 4.78 is 0. The number of aromatic amines is 1. The Labute approximate surface area is 81.0 Å². The fourth-order valence-electron chi connectivity index (χ4n) is 1.46. The third-order valence-corrected chi connectivity index (χ3v) is 2.10. The summed E-state index contributed by atoms with van der Waals surface area (Å²) in [5, 5.41) is 0.939. The maximum absolute atomic E-state index is 11.0. The molecule has 0 aromatic carbocycles. The average Bonchev–Trinajstić information content (AvgIpc) is 2.18. The molecule has 4 nitrogen and oxygen atoms in total. The minimum absolute atomic E-state index is 0.126. The largest absolute Gasteiger partial charge is 0.306 e. The molecule has 0 unspecified atom stereocenters. The number of nitrogens with zero attached hydrogens (tertiary/aromatic N) is 2. The van der Waals surface area contributed by atoms with E-state index in [0.717, 1.165) is 23.9 Å². The van der Waals surface area contributed by atoms with Crippen molar-refractivity contribution < 1.29 is 0 Å². The third kappa shape index (κ3) is 1.51. The lowest BCUT2D eigenvalue weighted by atomic mass is 10.2. The molecule has 0 spiro atoms. The lowest BCUT2D eigenvalue weighted by Crippen LogP contribution is -2.05. The smallest absolute Gasteiger partial charge is 0.249 e. The number of H-pyrrole nitrogens is 1. The Morgan fingerprint density at radius 2 is 2.21 bits per heavy atom. The number of nitrogens with one attached hydrogen (secondary N) is 1. The molecule has 14 heavy (non-hydrogen) atoms. The summed E-state index contributed by atoms with van der Waals surface area (Å²) in [4.78, 5) is 21.9. The van der Waals surface area contributed by atoms with Crippen LogP contribution in [-0.2, 0) is 6.42 Å². The zero-order chi connectivity index (χ0) is 9.97. The highest BCUT2D eigenvalue weighted by Gasteiger charge is 2.02. The number of aromatic nitrogens is 3. The van der Waals surface area contributed by atoms with Gasteiger partial charge in [0, 0.05) is 11.5 Å². The van der Waals surface area contributed by atoms with Crippen molar-refractivity contribution >= 4 is 11.0 Å². The summed E-state index contributed by atoms with van der Waals surface area (Å²) >= 11 is 0. The summed E-state index contributed by atoms with van der Waals surface area (Å²) in [7, 11) is 0. The van der Waals surface area contributed by atoms with Gasteiger partial charge in [0.05, 0.1) is 5.69 Å². The Bertz CT molecular complexity index is 504. The molecule has 2 rings (SSSR count). The van der Waals surface area contributed by atoms with Crippen LogP contribution in [0.1, 0.15) is 19.0 Å². The number of rotatable bonds is 2. The van der Waals surface area contributed by atoms with Gasteiger partial charge in [0.1, 0.15) is 12.0 Å². The molecule has 1 N–H and O–H groups in total. The predicted octanol–water partition coefficient (Wildman–Crippen LogP) is 1.27. The van der Waals surface area contributed by atoms with Crippen LogP contribution >= 0.6 is 0 Å². The summed E-state index contributed by atoms with van der Waals surface area (Å²) in [6.07, 6.45) is 3.43. The zero-order valence-electron chi connectivity index (χ0n) is 7.95. The van der Waals surface area contributed by atoms with Crippen molar-refractivity contribution in [1.82, 2.24) is 15.0 Å². The first-order valence-electron chi connectivity index (χ1n) is 4.64. The van der Waals surface area contributed by atoms with Gasteiger partial charge < -0.3 is 4.98 Å². The first-order chi connectivity index (χ1) is 6.81. The molecular formula is C10H11N3O. The quantitative estimate of drug-likeness (QED) is 0.773. The average molecular weight is 189 g/mol. The first-order valence-corrected chi connectivity index (χ1v) is 4.64. The van der Waals surface area contributed by atoms with E-state index in [0.29, 0.717) is 5.65 Å². The highest BCUT2D eigenvalue weighted by Crippen LogP contribution is 2.11. The molecule has 2 aromatic rings. The molecule has 0 aliphatic heterocycles. The van der Waals surface area contributed by atoms with Crippen molar-refractivity contribution in [2.24, 2.45) is 0 Å². The van der Waals surface area contributed by atoms with Crippen LogP contribution in [0.15, 0.2) is 23.3 Å². The Hall–Kier alpha value is -1.71. The lowest BCUT2D eigenvalue weighted by molar-refractivity contribution is 0.884. The van der Waals surface area contributed by atoms with Gasteiger partial charge in [-0.1, -0.05) is 13.3 Å². The highest BCUT2D eigenvalue weighted by atomic mass is 16.1. The minimum Gasteiger partial charge on any atom is -0.306 e. The SMILES string of the molecule is CCCc1ncnc2[nH]c(=O)ccc12. The molecule has 72 valence electrons. The summed E-state index contributed by atoms with van der Waals surface area (Å²) in [6.45, 7) is 2.10. The van der Waals surface area contributed by atoms with E-state index < -0.39 is 0 Å². The minimum atomic E-state index is -0.126. The number of hydrogen-bond acceptors (Lipinski definition) is 3. The van der Waals surface area contributed by atoms with Gasteiger partial charge in [0.25, 0.3) is 0 Å². The third-order valence-electron chi connectivity index (χ3n) is 2.10. The topological polar surface area (TPSA) is 58.6 Å². The number of hydrogen-bond donors (Lipinski definition) is 1. The Morgan fingerprint density at radius 3 is 3.00 bits per heavy atom. The molecule has 0 aliphatic carbocycles. The fraction of sp³-hybridized carbons (Fsp3) is 0.300. The van der Waals surface area contributed by atoms with Gasteiger partial charge in [0.15, 0.2) is 0 Å². The molecule has 0 atom stereocenters. The maximum atomic E-state index is 11.0. The fourth-order valence-corrected chi connectivity index (χ4v) is 1.46. The van der Waals surface area contributed by atoms with Crippen molar-refractivity contribution in [1.29, 1.82) is 0 Å². The molecule has 0 saturated carbocycles. The number of fused-ring (bicyclic) bond motifs is 1. The van der Waals surface area contributed by atoms with Crippen molar-refractivity contribution in [3.8, 4) is 0 Å². The van der Waals surface area contributed by atoms with Crippen molar-refractivity contribution in [3.63, 3.8) is 0 Å². The van der Waals surface area contributed by atoms with Crippen LogP contribution in [-0.4, -0.2) is 15.0 Å². The van der Waals surface area contributed by atoms with Crippen LogP contribution in [0, 0.1) is 0 Å². The lowest BCUT2D eigenvalue weighted by Gasteiger charge is -2.01. The van der Waals surface area contributed by atoms with Crippen molar-refractivity contribution in [3.05, 3.63) is 34.5 Å². The van der Waals surface area contributed by atoms with Gasteiger partial charge in [0.2, 0.25) is 5.56 Å². The Morgan fingerprint density at radius 1 is 1.36 bits per heavy atom. The molecule has 0 radical (unpaired) electrons. The normalized spacial score (nSPS) is 10.6. The van der Waals surface area contributed by atoms with E-state index in [4.69, 9.17) is 0 Å². The van der Waals surface area contributed by atoms with Crippen LogP contribution in [0.25, 0.3) is 11.0 Å². The predicted molar refractivity (Wildman–Crippen MR) is 54.2 cm³/mol. The molecule has 0 bridgehead atoms. The van der Waals surface area contributed by atoms with Gasteiger partial charge in [-0.2, -0.15) is 0 Å². The standard InChI is InChI=1S/C10H11N3O/c1-2-3-8-7-4-5-9(14)13-10(7)12-6-11-8/h4-6H,2-3H2,1H3,(H,11,12,13,14). The van der Waals surface area contributed by atoms with Gasteiger partial charge in [-0.3, -0.25) is 4.79 Å². The van der Waals surface area contributed by atoms with Crippen LogP contribution in [0.3, 0.4) is 0 Å². The second kappa shape index (κ2) is 3.57. The number of aryl methyl sites for hydroxylation is 1. The van der Waals surface area contributed by atoms with Crippen molar-refractivity contribution in [2.75, 3.05) is 0 Å². The second-order valence-electron chi connectivity index (χ2n) is 3.16. The molecular weight excluding hydrogens is 178 g/mol. The molecule has 4 heteroatoms. The van der Waals surface area contributed by atoms with Crippen molar-refractivity contribution in [2.45, 2.75) is 19.8 Å². The van der Waals surface area contributed by atoms with Gasteiger partial charge >= 0.3 is 0 Å². The highest BCUT2D eigenvalue weighted by molar-refractivity contribution is 5.76. The van der Waals surface area contributed by atoms with E-state index in [9.17, 15) is 4.79 Å². The molecule has 0 saturated heterocycles. The first kappa shape index (κ1) is 8.87. The van der Waals surface area contributed by atoms with E-state index in [1.165, 1.54) is 12.4 Å². The van der Waals surface area contributed by atoms with Crippen LogP contribution < -0.4 is 5.56 Å². The van der Waals surface area contributed by atoms with E-state index in [2.05, 4.69) is 21.9 Å². The molecule has 2 aromatic heterocycles. The monoisotopic (exact) mass is 189 g/mol. The van der Waals surface area contributed by atoms with Gasteiger partial charge in [-0.05, 0) is 12.5 Å². The molecule has 0 aliphatic rings. The Balaban J connectivity index is 2.68.